The van der Waals surface area contributed by atoms with Gasteiger partial charge in [0.2, 0.25) is 0 Å². The third-order valence-electron chi connectivity index (χ3n) is 11.5. The lowest BCUT2D eigenvalue weighted by Crippen LogP contribution is -2.12. The summed E-state index contributed by atoms with van der Waals surface area (Å²) in [5.41, 5.74) is 18.4. The van der Waals surface area contributed by atoms with Gasteiger partial charge < -0.3 is 9.80 Å². The number of anilines is 6. The van der Waals surface area contributed by atoms with Gasteiger partial charge in [-0.3, -0.25) is 9.97 Å². The summed E-state index contributed by atoms with van der Waals surface area (Å²) in [6, 6.07) is 83.5. The summed E-state index contributed by atoms with van der Waals surface area (Å²) in [6.07, 6.45) is 3.89. The van der Waals surface area contributed by atoms with Gasteiger partial charge in [0.15, 0.2) is 0 Å². The van der Waals surface area contributed by atoms with Crippen molar-refractivity contribution in [2.45, 2.75) is 6.92 Å². The maximum absolute atomic E-state index is 4.94. The van der Waals surface area contributed by atoms with Crippen molar-refractivity contribution >= 4 is 34.1 Å². The Morgan fingerprint density at radius 1 is 0.286 bits per heavy atom. The van der Waals surface area contributed by atoms with Crippen molar-refractivity contribution in [1.29, 1.82) is 0 Å². The topological polar surface area (TPSA) is 32.3 Å². The summed E-state index contributed by atoms with van der Waals surface area (Å²) in [7, 11) is 0. The molecular formula is C59H44N4. The van der Waals surface area contributed by atoms with Crippen molar-refractivity contribution in [3.05, 3.63) is 255 Å². The van der Waals surface area contributed by atoms with Gasteiger partial charge >= 0.3 is 0 Å². The van der Waals surface area contributed by atoms with Crippen molar-refractivity contribution in [1.82, 2.24) is 9.97 Å². The molecule has 0 N–H and O–H groups in total. The molecule has 0 spiro atoms. The lowest BCUT2D eigenvalue weighted by Gasteiger charge is -2.29. The molecule has 0 saturated heterocycles. The molecule has 300 valence electrons. The van der Waals surface area contributed by atoms with Crippen molar-refractivity contribution in [2.24, 2.45) is 0 Å². The molecule has 0 bridgehead atoms. The molecule has 0 radical (unpaired) electrons. The maximum atomic E-state index is 4.94. The van der Waals surface area contributed by atoms with Crippen LogP contribution < -0.4 is 9.80 Å². The van der Waals surface area contributed by atoms with Crippen molar-refractivity contribution in [3.63, 3.8) is 0 Å². The first-order valence-electron chi connectivity index (χ1n) is 21.3. The highest BCUT2D eigenvalue weighted by Gasteiger charge is 2.18. The summed E-state index contributed by atoms with van der Waals surface area (Å²) in [4.78, 5) is 14.5. The first-order chi connectivity index (χ1) is 31.1. The quantitative estimate of drug-likeness (QED) is 0.130. The highest BCUT2D eigenvalue weighted by molar-refractivity contribution is 5.85. The van der Waals surface area contributed by atoms with Crippen LogP contribution in [0.5, 0.6) is 0 Å². The number of aromatic nitrogens is 2. The van der Waals surface area contributed by atoms with Crippen LogP contribution in [0.3, 0.4) is 0 Å². The third-order valence-corrected chi connectivity index (χ3v) is 11.5. The Kier molecular flexibility index (Phi) is 10.9. The van der Waals surface area contributed by atoms with Crippen LogP contribution in [0.1, 0.15) is 5.56 Å². The number of pyridine rings is 2. The molecule has 0 aliphatic rings. The van der Waals surface area contributed by atoms with Crippen LogP contribution in [-0.4, -0.2) is 9.97 Å². The Balaban J connectivity index is 1.05. The first kappa shape index (κ1) is 38.8. The third kappa shape index (κ3) is 8.39. The molecule has 0 atom stereocenters. The molecule has 4 heteroatoms. The molecule has 10 aromatic rings. The zero-order valence-corrected chi connectivity index (χ0v) is 35.0. The van der Waals surface area contributed by atoms with Gasteiger partial charge in [-0.1, -0.05) is 146 Å². The molecule has 0 aliphatic carbocycles. The molecule has 0 unspecified atom stereocenters. The second kappa shape index (κ2) is 17.7. The van der Waals surface area contributed by atoms with Crippen LogP contribution >= 0.6 is 0 Å². The fourth-order valence-corrected chi connectivity index (χ4v) is 8.27. The van der Waals surface area contributed by atoms with E-state index in [1.54, 1.807) is 0 Å². The normalized spacial score (nSPS) is 10.9. The smallest absolute Gasteiger partial charge is 0.0709 e. The van der Waals surface area contributed by atoms with Crippen LogP contribution in [0, 0.1) is 6.92 Å². The predicted octanol–water partition coefficient (Wildman–Crippen LogP) is 16.1. The summed E-state index contributed by atoms with van der Waals surface area (Å²) in [6.45, 7) is 2.12. The summed E-state index contributed by atoms with van der Waals surface area (Å²) in [5, 5.41) is 0. The van der Waals surface area contributed by atoms with Crippen LogP contribution in [0.4, 0.5) is 34.1 Å². The fourth-order valence-electron chi connectivity index (χ4n) is 8.27. The molecule has 0 amide bonds. The number of hydrogen-bond acceptors (Lipinski definition) is 4. The van der Waals surface area contributed by atoms with Crippen LogP contribution in [-0.2, 0) is 0 Å². The number of nitrogens with zero attached hydrogens (tertiary/aromatic N) is 4. The van der Waals surface area contributed by atoms with Gasteiger partial charge in [0, 0.05) is 57.6 Å². The number of benzene rings is 8. The van der Waals surface area contributed by atoms with E-state index in [1.807, 2.05) is 18.5 Å². The molecule has 63 heavy (non-hydrogen) atoms. The SMILES string of the molecule is Cc1cnc(-c2cccc(N(c3ccc(N(c4ccccc4)c4ccccc4)cc3)c3cccc(-c4cc(-c5ccc(-c6ccccc6)cc5)ccn4)c3)c2)cc1-c1ccccc1. The summed E-state index contributed by atoms with van der Waals surface area (Å²) < 4.78 is 0. The van der Waals surface area contributed by atoms with Crippen molar-refractivity contribution in [3.8, 4) is 55.9 Å². The average molecular weight is 809 g/mol. The molecule has 0 aliphatic heterocycles. The maximum Gasteiger partial charge on any atom is 0.0709 e. The van der Waals surface area contributed by atoms with Crippen LogP contribution in [0.15, 0.2) is 249 Å². The average Bonchev–Trinajstić information content (AvgIpc) is 3.36. The second-order valence-electron chi connectivity index (χ2n) is 15.6. The Labute approximate surface area is 369 Å². The van der Waals surface area contributed by atoms with Gasteiger partial charge in [-0.15, -0.1) is 0 Å². The second-order valence-corrected chi connectivity index (χ2v) is 15.6. The van der Waals surface area contributed by atoms with Gasteiger partial charge in [-0.25, -0.2) is 0 Å². The lowest BCUT2D eigenvalue weighted by atomic mass is 9.99. The number of rotatable bonds is 11. The highest BCUT2D eigenvalue weighted by atomic mass is 15.2. The zero-order chi connectivity index (χ0) is 42.4. The fraction of sp³-hybridized carbons (Fsp3) is 0.0169. The molecule has 2 aromatic heterocycles. The zero-order valence-electron chi connectivity index (χ0n) is 35.0. The van der Waals surface area contributed by atoms with Crippen molar-refractivity contribution < 1.29 is 0 Å². The van der Waals surface area contributed by atoms with E-state index in [1.165, 1.54) is 22.3 Å². The standard InChI is InChI=1S/C59H44N4/c1-43-42-61-59(41-57(43)47-18-8-3-9-19-47)50-21-15-27-56(39-50)63(54-34-32-53(33-35-54)62(51-22-10-4-11-23-51)52-24-12-5-13-25-52)55-26-14-20-49(38-55)58-40-48(36-37-60-58)46-30-28-45(29-31-46)44-16-6-2-7-17-44/h2-42H,1H3. The monoisotopic (exact) mass is 808 g/mol. The van der Waals surface area contributed by atoms with E-state index in [2.05, 4.69) is 247 Å². The Bertz CT molecular complexity index is 3060. The van der Waals surface area contributed by atoms with Gasteiger partial charge in [0.1, 0.15) is 0 Å². The van der Waals surface area contributed by atoms with Gasteiger partial charge in [0.25, 0.3) is 0 Å². The predicted molar refractivity (Wildman–Crippen MR) is 263 cm³/mol. The van der Waals surface area contributed by atoms with Crippen LogP contribution in [0.2, 0.25) is 0 Å². The van der Waals surface area contributed by atoms with E-state index < -0.39 is 0 Å². The summed E-state index contributed by atoms with van der Waals surface area (Å²) in [5.74, 6) is 0. The highest BCUT2D eigenvalue weighted by Crippen LogP contribution is 2.41. The molecule has 10 rings (SSSR count). The van der Waals surface area contributed by atoms with E-state index in [4.69, 9.17) is 9.97 Å². The van der Waals surface area contributed by atoms with E-state index >= 15 is 0 Å². The van der Waals surface area contributed by atoms with E-state index in [-0.39, 0.29) is 0 Å². The minimum atomic E-state index is 0.907. The first-order valence-corrected chi connectivity index (χ1v) is 21.3. The van der Waals surface area contributed by atoms with E-state index in [0.29, 0.717) is 0 Å². The van der Waals surface area contributed by atoms with Gasteiger partial charge in [-0.05, 0) is 137 Å². The summed E-state index contributed by atoms with van der Waals surface area (Å²) >= 11 is 0. The van der Waals surface area contributed by atoms with Crippen molar-refractivity contribution in [2.75, 3.05) is 9.80 Å². The minimum absolute atomic E-state index is 0.907. The Morgan fingerprint density at radius 3 is 1.22 bits per heavy atom. The number of aryl methyl sites for hydroxylation is 1. The number of hydrogen-bond donors (Lipinski definition) is 0. The number of para-hydroxylation sites is 2. The molecule has 8 aromatic carbocycles. The van der Waals surface area contributed by atoms with Crippen LogP contribution in [0.25, 0.3) is 55.9 Å². The molecular weight excluding hydrogens is 765 g/mol. The van der Waals surface area contributed by atoms with E-state index in [9.17, 15) is 0 Å². The van der Waals surface area contributed by atoms with E-state index in [0.717, 1.165) is 73.3 Å². The van der Waals surface area contributed by atoms with Gasteiger partial charge in [-0.2, -0.15) is 0 Å². The molecule has 2 heterocycles. The molecule has 4 nitrogen and oxygen atoms in total. The van der Waals surface area contributed by atoms with Gasteiger partial charge in [0.05, 0.1) is 11.4 Å². The minimum Gasteiger partial charge on any atom is -0.311 e. The largest absolute Gasteiger partial charge is 0.311 e. The Hall–Kier alpha value is -8.34. The Morgan fingerprint density at radius 2 is 0.683 bits per heavy atom. The molecule has 0 fully saturated rings. The molecule has 0 saturated carbocycles. The lowest BCUT2D eigenvalue weighted by molar-refractivity contribution is 1.24.